The number of thiocarbonyl (C=S) groups is 1. The van der Waals surface area contributed by atoms with E-state index in [1.54, 1.807) is 55.6 Å². The van der Waals surface area contributed by atoms with Crippen LogP contribution in [0.15, 0.2) is 53.4 Å². The molecule has 0 radical (unpaired) electrons. The van der Waals surface area contributed by atoms with E-state index in [-0.39, 0.29) is 28.8 Å². The molecule has 0 atom stereocenters. The Labute approximate surface area is 205 Å². The zero-order chi connectivity index (χ0) is 23.5. The van der Waals surface area contributed by atoms with Crippen LogP contribution in [0.25, 0.3) is 5.57 Å². The number of thioether (sulfide) groups is 1. The standard InChI is InChI=1S/C23H20ClN3O4S2/c1-31-12-4-11-26-22(30)20(33-23(26)32)19-16-5-2-3-6-17(16)27(21(19)29)13-18(28)25-15-9-7-14(24)8-10-15/h2-3,5-10H,4,11-13H2,1H3,(H,25,28)/b20-19+. The number of para-hydroxylation sites is 1. The Morgan fingerprint density at radius 3 is 2.55 bits per heavy atom. The molecule has 1 saturated heterocycles. The van der Waals surface area contributed by atoms with Crippen LogP contribution in [0.1, 0.15) is 12.0 Å². The monoisotopic (exact) mass is 501 g/mol. The SMILES string of the molecule is COCCCN1C(=O)/C(=C2\C(=O)N(CC(=O)Nc3ccc(Cl)cc3)c3ccccc32)SC1=S. The summed E-state index contributed by atoms with van der Waals surface area (Å²) >= 11 is 12.4. The summed E-state index contributed by atoms with van der Waals surface area (Å²) in [6.45, 7) is 0.718. The number of fused-ring (bicyclic) bond motifs is 1. The number of halogens is 1. The molecule has 0 spiro atoms. The molecule has 10 heteroatoms. The van der Waals surface area contributed by atoms with Crippen LogP contribution < -0.4 is 10.2 Å². The number of ether oxygens (including phenoxy) is 1. The highest BCUT2D eigenvalue weighted by molar-refractivity contribution is 8.26. The van der Waals surface area contributed by atoms with Crippen LogP contribution in [-0.4, -0.2) is 53.7 Å². The van der Waals surface area contributed by atoms with Gasteiger partial charge in [-0.2, -0.15) is 0 Å². The summed E-state index contributed by atoms with van der Waals surface area (Å²) in [5, 5.41) is 3.32. The smallest absolute Gasteiger partial charge is 0.267 e. The van der Waals surface area contributed by atoms with Crippen molar-refractivity contribution in [2.45, 2.75) is 6.42 Å². The molecule has 1 fully saturated rings. The predicted octanol–water partition coefficient (Wildman–Crippen LogP) is 3.93. The van der Waals surface area contributed by atoms with Gasteiger partial charge in [0.15, 0.2) is 0 Å². The van der Waals surface area contributed by atoms with Crippen molar-refractivity contribution in [3.8, 4) is 0 Å². The van der Waals surface area contributed by atoms with Gasteiger partial charge < -0.3 is 10.1 Å². The van der Waals surface area contributed by atoms with E-state index in [0.29, 0.717) is 45.9 Å². The van der Waals surface area contributed by atoms with Crippen molar-refractivity contribution < 1.29 is 19.1 Å². The molecule has 2 heterocycles. The number of amides is 3. The number of benzene rings is 2. The molecule has 33 heavy (non-hydrogen) atoms. The Morgan fingerprint density at radius 1 is 1.09 bits per heavy atom. The number of anilines is 2. The molecule has 2 aliphatic rings. The van der Waals surface area contributed by atoms with E-state index in [0.717, 1.165) is 11.8 Å². The van der Waals surface area contributed by atoms with Gasteiger partial charge >= 0.3 is 0 Å². The summed E-state index contributed by atoms with van der Waals surface area (Å²) in [4.78, 5) is 42.4. The normalized spacial score (nSPS) is 17.7. The first-order valence-corrected chi connectivity index (χ1v) is 11.7. The number of methoxy groups -OCH3 is 1. The third-order valence-corrected chi connectivity index (χ3v) is 6.86. The zero-order valence-corrected chi connectivity index (χ0v) is 20.1. The van der Waals surface area contributed by atoms with Crippen molar-refractivity contribution in [2.24, 2.45) is 0 Å². The van der Waals surface area contributed by atoms with E-state index in [1.165, 1.54) is 9.80 Å². The molecule has 2 aliphatic heterocycles. The third-order valence-electron chi connectivity index (χ3n) is 5.16. The topological polar surface area (TPSA) is 79.0 Å². The second-order valence-electron chi connectivity index (χ2n) is 7.34. The summed E-state index contributed by atoms with van der Waals surface area (Å²) in [5.41, 5.74) is 2.03. The summed E-state index contributed by atoms with van der Waals surface area (Å²) in [7, 11) is 1.60. The highest BCUT2D eigenvalue weighted by Crippen LogP contribution is 2.44. The van der Waals surface area contributed by atoms with Gasteiger partial charge in [-0.15, -0.1) is 0 Å². The molecule has 2 aromatic carbocycles. The summed E-state index contributed by atoms with van der Waals surface area (Å²) in [6.07, 6.45) is 0.632. The highest BCUT2D eigenvalue weighted by Gasteiger charge is 2.42. The van der Waals surface area contributed by atoms with E-state index in [2.05, 4.69) is 5.32 Å². The lowest BCUT2D eigenvalue weighted by Crippen LogP contribution is -2.35. The van der Waals surface area contributed by atoms with E-state index in [9.17, 15) is 14.4 Å². The average molecular weight is 502 g/mol. The Kier molecular flexibility index (Phi) is 7.14. The van der Waals surface area contributed by atoms with Crippen LogP contribution in [0, 0.1) is 0 Å². The number of carbonyl (C=O) groups is 3. The number of carbonyl (C=O) groups excluding carboxylic acids is 3. The zero-order valence-electron chi connectivity index (χ0n) is 17.7. The summed E-state index contributed by atoms with van der Waals surface area (Å²) in [5.74, 6) is -1.07. The molecule has 170 valence electrons. The molecule has 7 nitrogen and oxygen atoms in total. The fourth-order valence-electron chi connectivity index (χ4n) is 3.64. The number of hydrogen-bond donors (Lipinski definition) is 1. The van der Waals surface area contributed by atoms with Gasteiger partial charge in [0, 0.05) is 36.5 Å². The lowest BCUT2D eigenvalue weighted by atomic mass is 10.1. The fraction of sp³-hybridized carbons (Fsp3) is 0.217. The van der Waals surface area contributed by atoms with Crippen LogP contribution in [0.3, 0.4) is 0 Å². The Morgan fingerprint density at radius 2 is 1.82 bits per heavy atom. The van der Waals surface area contributed by atoms with E-state index < -0.39 is 5.91 Å². The number of nitrogens with one attached hydrogen (secondary N) is 1. The van der Waals surface area contributed by atoms with Crippen molar-refractivity contribution >= 4 is 74.6 Å². The van der Waals surface area contributed by atoms with Gasteiger partial charge in [-0.1, -0.05) is 53.8 Å². The molecule has 0 saturated carbocycles. The van der Waals surface area contributed by atoms with Crippen LogP contribution in [-0.2, 0) is 19.1 Å². The van der Waals surface area contributed by atoms with Crippen molar-refractivity contribution in [1.82, 2.24) is 4.90 Å². The van der Waals surface area contributed by atoms with Crippen LogP contribution in [0.4, 0.5) is 11.4 Å². The maximum absolute atomic E-state index is 13.4. The molecule has 0 unspecified atom stereocenters. The minimum Gasteiger partial charge on any atom is -0.385 e. The minimum atomic E-state index is -0.403. The van der Waals surface area contributed by atoms with Gasteiger partial charge in [-0.3, -0.25) is 24.2 Å². The Balaban J connectivity index is 1.59. The van der Waals surface area contributed by atoms with Crippen LogP contribution >= 0.6 is 35.6 Å². The van der Waals surface area contributed by atoms with Crippen molar-refractivity contribution in [2.75, 3.05) is 37.0 Å². The molecular formula is C23H20ClN3O4S2. The van der Waals surface area contributed by atoms with Gasteiger partial charge in [0.1, 0.15) is 10.9 Å². The van der Waals surface area contributed by atoms with Gasteiger partial charge in [0.25, 0.3) is 11.8 Å². The first kappa shape index (κ1) is 23.4. The quantitative estimate of drug-likeness (QED) is 0.352. The Hall–Kier alpha value is -2.72. The summed E-state index contributed by atoms with van der Waals surface area (Å²) in [6, 6.07) is 13.8. The lowest BCUT2D eigenvalue weighted by Gasteiger charge is -2.17. The summed E-state index contributed by atoms with van der Waals surface area (Å²) < 4.78 is 5.46. The first-order valence-electron chi connectivity index (χ1n) is 10.1. The van der Waals surface area contributed by atoms with Crippen molar-refractivity contribution in [3.05, 3.63) is 64.0 Å². The molecule has 4 rings (SSSR count). The van der Waals surface area contributed by atoms with Crippen molar-refractivity contribution in [3.63, 3.8) is 0 Å². The molecule has 2 aromatic rings. The van der Waals surface area contributed by atoms with Gasteiger partial charge in [0.2, 0.25) is 5.91 Å². The Bertz CT molecular complexity index is 1170. The maximum Gasteiger partial charge on any atom is 0.267 e. The minimum absolute atomic E-state index is 0.198. The molecule has 0 aliphatic carbocycles. The third kappa shape index (κ3) is 4.81. The molecule has 0 aromatic heterocycles. The number of hydrogen-bond acceptors (Lipinski definition) is 6. The lowest BCUT2D eigenvalue weighted by molar-refractivity contribution is -0.122. The van der Waals surface area contributed by atoms with Gasteiger partial charge in [-0.05, 0) is 36.8 Å². The highest BCUT2D eigenvalue weighted by atomic mass is 35.5. The molecule has 1 N–H and O–H groups in total. The number of nitrogens with zero attached hydrogens (tertiary/aromatic N) is 2. The van der Waals surface area contributed by atoms with Crippen molar-refractivity contribution in [1.29, 1.82) is 0 Å². The van der Waals surface area contributed by atoms with E-state index >= 15 is 0 Å². The second kappa shape index (κ2) is 10.0. The molecule has 0 bridgehead atoms. The predicted molar refractivity (Wildman–Crippen MR) is 134 cm³/mol. The second-order valence-corrected chi connectivity index (χ2v) is 9.42. The number of rotatable bonds is 7. The molecular weight excluding hydrogens is 482 g/mol. The average Bonchev–Trinajstić information content (AvgIpc) is 3.23. The fourth-order valence-corrected chi connectivity index (χ4v) is 5.15. The van der Waals surface area contributed by atoms with E-state index in [4.69, 9.17) is 28.6 Å². The van der Waals surface area contributed by atoms with Gasteiger partial charge in [0.05, 0.1) is 16.2 Å². The van der Waals surface area contributed by atoms with E-state index in [1.807, 2.05) is 0 Å². The maximum atomic E-state index is 13.4. The molecule has 3 amide bonds. The van der Waals surface area contributed by atoms with Gasteiger partial charge in [-0.25, -0.2) is 0 Å². The van der Waals surface area contributed by atoms with Crippen LogP contribution in [0.2, 0.25) is 5.02 Å². The largest absolute Gasteiger partial charge is 0.385 e. The van der Waals surface area contributed by atoms with Crippen LogP contribution in [0.5, 0.6) is 0 Å². The first-order chi connectivity index (χ1) is 15.9.